The number of hydrogen-bond acceptors (Lipinski definition) is 6. The monoisotopic (exact) mass is 308 g/mol. The van der Waals surface area contributed by atoms with Crippen molar-refractivity contribution in [2.45, 2.75) is 11.9 Å². The maximum absolute atomic E-state index is 11.9. The Balaban J connectivity index is 3.23. The molecule has 1 aromatic rings. The lowest BCUT2D eigenvalue weighted by molar-refractivity contribution is 0.589. The SMILES string of the molecule is Cc1ccnc(S(=O)(=O)CCS(=O)(=O)Cl)c1C#N. The molecule has 0 saturated carbocycles. The average Bonchev–Trinajstić information content (AvgIpc) is 2.25. The zero-order chi connectivity index (χ0) is 14.0. The molecular formula is C9H9ClN2O4S2. The van der Waals surface area contributed by atoms with Crippen LogP contribution in [0.4, 0.5) is 0 Å². The second-order valence-corrected chi connectivity index (χ2v) is 8.40. The fourth-order valence-electron chi connectivity index (χ4n) is 1.21. The molecule has 1 rings (SSSR count). The van der Waals surface area contributed by atoms with E-state index in [0.717, 1.165) is 0 Å². The van der Waals surface area contributed by atoms with Crippen molar-refractivity contribution in [3.05, 3.63) is 23.4 Å². The highest BCUT2D eigenvalue weighted by Gasteiger charge is 2.23. The van der Waals surface area contributed by atoms with Gasteiger partial charge in [0.05, 0.1) is 17.1 Å². The molecule has 0 N–H and O–H groups in total. The van der Waals surface area contributed by atoms with Gasteiger partial charge < -0.3 is 0 Å². The maximum atomic E-state index is 11.9. The van der Waals surface area contributed by atoms with Crippen LogP contribution in [0.2, 0.25) is 0 Å². The number of pyridine rings is 1. The first-order valence-electron chi connectivity index (χ1n) is 4.68. The van der Waals surface area contributed by atoms with Crippen molar-refractivity contribution in [3.8, 4) is 6.07 Å². The standard InChI is InChI=1S/C9H9ClN2O4S2/c1-7-2-3-12-9(8(7)6-11)17(13,14)4-5-18(10,15)16/h2-3H,4-5H2,1H3. The molecular weight excluding hydrogens is 300 g/mol. The van der Waals surface area contributed by atoms with E-state index in [9.17, 15) is 16.8 Å². The van der Waals surface area contributed by atoms with Gasteiger partial charge in [-0.3, -0.25) is 0 Å². The molecule has 9 heteroatoms. The maximum Gasteiger partial charge on any atom is 0.233 e. The van der Waals surface area contributed by atoms with Gasteiger partial charge in [0, 0.05) is 16.9 Å². The second kappa shape index (κ2) is 5.22. The molecule has 0 unspecified atom stereocenters. The molecule has 0 spiro atoms. The van der Waals surface area contributed by atoms with Gasteiger partial charge in [-0.1, -0.05) is 0 Å². The van der Waals surface area contributed by atoms with Crippen LogP contribution in [0.5, 0.6) is 0 Å². The molecule has 6 nitrogen and oxygen atoms in total. The smallest absolute Gasteiger partial charge is 0.233 e. The van der Waals surface area contributed by atoms with E-state index in [1.807, 2.05) is 0 Å². The lowest BCUT2D eigenvalue weighted by Crippen LogP contribution is -2.17. The lowest BCUT2D eigenvalue weighted by atomic mass is 10.2. The molecule has 0 fully saturated rings. The fraction of sp³-hybridized carbons (Fsp3) is 0.333. The van der Waals surface area contributed by atoms with Gasteiger partial charge in [-0.2, -0.15) is 5.26 Å². The molecule has 0 saturated heterocycles. The summed E-state index contributed by atoms with van der Waals surface area (Å²) in [4.78, 5) is 3.63. The molecule has 0 aromatic carbocycles. The summed E-state index contributed by atoms with van der Waals surface area (Å²) in [6.07, 6.45) is 1.25. The average molecular weight is 309 g/mol. The molecule has 0 atom stereocenters. The summed E-state index contributed by atoms with van der Waals surface area (Å²) in [5.74, 6) is -1.43. The normalized spacial score (nSPS) is 12.1. The van der Waals surface area contributed by atoms with Crippen molar-refractivity contribution in [1.82, 2.24) is 4.98 Å². The minimum atomic E-state index is -3.96. The summed E-state index contributed by atoms with van der Waals surface area (Å²) in [6, 6.07) is 3.24. The third kappa shape index (κ3) is 3.66. The Morgan fingerprint density at radius 1 is 1.33 bits per heavy atom. The number of aryl methyl sites for hydroxylation is 1. The molecule has 0 aliphatic rings. The lowest BCUT2D eigenvalue weighted by Gasteiger charge is -2.05. The Bertz CT molecular complexity index is 705. The molecule has 0 radical (unpaired) electrons. The number of sulfone groups is 1. The molecule has 0 bridgehead atoms. The molecule has 18 heavy (non-hydrogen) atoms. The molecule has 0 amide bonds. The van der Waals surface area contributed by atoms with Crippen LogP contribution in [0.1, 0.15) is 11.1 Å². The highest BCUT2D eigenvalue weighted by Crippen LogP contribution is 2.17. The fourth-order valence-corrected chi connectivity index (χ4v) is 4.38. The van der Waals surface area contributed by atoms with E-state index in [4.69, 9.17) is 15.9 Å². The van der Waals surface area contributed by atoms with Crippen LogP contribution < -0.4 is 0 Å². The van der Waals surface area contributed by atoms with Crippen molar-refractivity contribution in [3.63, 3.8) is 0 Å². The minimum absolute atomic E-state index is 0.0792. The summed E-state index contributed by atoms with van der Waals surface area (Å²) in [6.45, 7) is 1.57. The van der Waals surface area contributed by atoms with E-state index in [1.165, 1.54) is 12.3 Å². The molecule has 98 valence electrons. The summed E-state index contributed by atoms with van der Waals surface area (Å²) in [7, 11) is -2.91. The number of nitrogens with zero attached hydrogens (tertiary/aromatic N) is 2. The molecule has 1 aromatic heterocycles. The zero-order valence-corrected chi connectivity index (χ0v) is 11.7. The summed E-state index contributed by atoms with van der Waals surface area (Å²) < 4.78 is 45.2. The van der Waals surface area contributed by atoms with E-state index in [1.54, 1.807) is 13.0 Å². The Hall–Kier alpha value is -1.17. The van der Waals surface area contributed by atoms with Crippen LogP contribution in [0.3, 0.4) is 0 Å². The van der Waals surface area contributed by atoms with Crippen molar-refractivity contribution in [2.75, 3.05) is 11.5 Å². The van der Waals surface area contributed by atoms with Crippen LogP contribution in [0.25, 0.3) is 0 Å². The second-order valence-electron chi connectivity index (χ2n) is 3.48. The zero-order valence-electron chi connectivity index (χ0n) is 9.29. The number of aromatic nitrogens is 1. The van der Waals surface area contributed by atoms with Crippen molar-refractivity contribution in [2.24, 2.45) is 0 Å². The number of hydrogen-bond donors (Lipinski definition) is 0. The van der Waals surface area contributed by atoms with Gasteiger partial charge in [0.2, 0.25) is 9.05 Å². The van der Waals surface area contributed by atoms with Crippen molar-refractivity contribution < 1.29 is 16.8 Å². The first kappa shape index (κ1) is 14.9. The third-order valence-electron chi connectivity index (χ3n) is 2.13. The van der Waals surface area contributed by atoms with Gasteiger partial charge in [0.15, 0.2) is 14.9 Å². The van der Waals surface area contributed by atoms with Gasteiger partial charge >= 0.3 is 0 Å². The van der Waals surface area contributed by atoms with Gasteiger partial charge in [-0.15, -0.1) is 0 Å². The van der Waals surface area contributed by atoms with Crippen LogP contribution in [0.15, 0.2) is 17.3 Å². The van der Waals surface area contributed by atoms with Crippen LogP contribution in [-0.4, -0.2) is 33.3 Å². The first-order valence-corrected chi connectivity index (χ1v) is 8.81. The molecule has 0 aliphatic heterocycles. The molecule has 0 aliphatic carbocycles. The highest BCUT2D eigenvalue weighted by atomic mass is 35.7. The van der Waals surface area contributed by atoms with E-state index >= 15 is 0 Å². The predicted molar refractivity (Wildman–Crippen MR) is 65.4 cm³/mol. The van der Waals surface area contributed by atoms with Crippen molar-refractivity contribution >= 4 is 29.6 Å². The van der Waals surface area contributed by atoms with Gasteiger partial charge in [-0.25, -0.2) is 21.8 Å². The van der Waals surface area contributed by atoms with E-state index in [-0.39, 0.29) is 5.56 Å². The van der Waals surface area contributed by atoms with Gasteiger partial charge in [-0.05, 0) is 18.6 Å². The summed E-state index contributed by atoms with van der Waals surface area (Å²) >= 11 is 0. The minimum Gasteiger partial charge on any atom is -0.243 e. The number of halogens is 1. The summed E-state index contributed by atoms with van der Waals surface area (Å²) in [5.41, 5.74) is 0.379. The number of rotatable bonds is 4. The van der Waals surface area contributed by atoms with Crippen LogP contribution >= 0.6 is 10.7 Å². The van der Waals surface area contributed by atoms with Crippen molar-refractivity contribution in [1.29, 1.82) is 5.26 Å². The quantitative estimate of drug-likeness (QED) is 0.754. The first-order chi connectivity index (χ1) is 8.17. The Labute approximate surface area is 110 Å². The Kier molecular flexibility index (Phi) is 4.32. The highest BCUT2D eigenvalue weighted by molar-refractivity contribution is 8.14. The summed E-state index contributed by atoms with van der Waals surface area (Å²) in [5, 5.41) is 8.48. The van der Waals surface area contributed by atoms with Crippen LogP contribution in [0, 0.1) is 18.3 Å². The third-order valence-corrected chi connectivity index (χ3v) is 5.18. The largest absolute Gasteiger partial charge is 0.243 e. The number of nitriles is 1. The van der Waals surface area contributed by atoms with E-state index < -0.39 is 35.4 Å². The van der Waals surface area contributed by atoms with E-state index in [0.29, 0.717) is 5.56 Å². The predicted octanol–water partition coefficient (Wildman–Crippen LogP) is 0.604. The van der Waals surface area contributed by atoms with Gasteiger partial charge in [0.1, 0.15) is 6.07 Å². The van der Waals surface area contributed by atoms with E-state index in [2.05, 4.69) is 4.98 Å². The molecule has 1 heterocycles. The van der Waals surface area contributed by atoms with Gasteiger partial charge in [0.25, 0.3) is 0 Å². The topological polar surface area (TPSA) is 105 Å². The Morgan fingerprint density at radius 2 is 1.94 bits per heavy atom. The van der Waals surface area contributed by atoms with Crippen LogP contribution in [-0.2, 0) is 18.9 Å². The Morgan fingerprint density at radius 3 is 2.44 bits per heavy atom.